The van der Waals surface area contributed by atoms with E-state index in [1.807, 2.05) is 0 Å². The molecule has 22 heavy (non-hydrogen) atoms. The van der Waals surface area contributed by atoms with E-state index in [2.05, 4.69) is 6.92 Å². The molecule has 2 rings (SSSR count). The summed E-state index contributed by atoms with van der Waals surface area (Å²) >= 11 is 0. The minimum Gasteiger partial charge on any atom is -0.0772 e. The Morgan fingerprint density at radius 1 is 0.773 bits per heavy atom. The molecule has 0 aromatic rings. The van der Waals surface area contributed by atoms with Crippen LogP contribution in [0.15, 0.2) is 0 Å². The average Bonchev–Trinajstić information content (AvgIpc) is 2.75. The van der Waals surface area contributed by atoms with Crippen LogP contribution in [0.4, 0.5) is 0 Å². The number of rotatable bonds is 4. The third-order valence-electron chi connectivity index (χ3n) is 6.85. The van der Waals surface area contributed by atoms with Crippen LogP contribution in [0.25, 0.3) is 0 Å². The molecule has 0 aromatic heterocycles. The summed E-state index contributed by atoms with van der Waals surface area (Å²) in [6.07, 6.45) is 27.3. The Bertz CT molecular complexity index is 253. The van der Waals surface area contributed by atoms with E-state index in [0.29, 0.717) is 0 Å². The third kappa shape index (κ3) is 5.93. The fraction of sp³-hybridized carbons (Fsp3) is 1.00. The third-order valence-corrected chi connectivity index (χ3v) is 6.85. The Morgan fingerprint density at radius 2 is 1.36 bits per heavy atom. The highest BCUT2D eigenvalue weighted by Gasteiger charge is 2.37. The van der Waals surface area contributed by atoms with Crippen molar-refractivity contribution < 1.29 is 0 Å². The monoisotopic (exact) mass is 304 g/mol. The van der Waals surface area contributed by atoms with Gasteiger partial charge in [-0.05, 0) is 24.7 Å². The summed E-state index contributed by atoms with van der Waals surface area (Å²) in [5, 5.41) is 0. The Hall–Kier alpha value is 0.0649. The molecule has 2 aliphatic rings. The zero-order valence-corrected chi connectivity index (χ0v) is 15.5. The molecule has 1 atom stereocenters. The van der Waals surface area contributed by atoms with Crippen LogP contribution in [0.1, 0.15) is 116 Å². The van der Waals surface area contributed by atoms with E-state index in [4.69, 9.17) is 0 Å². The summed E-state index contributed by atoms with van der Waals surface area (Å²) < 4.78 is 0. The first-order valence-electron chi connectivity index (χ1n) is 10.9. The lowest BCUT2D eigenvalue weighted by Gasteiger charge is -2.42. The highest BCUT2D eigenvalue weighted by Crippen LogP contribution is 2.50. The van der Waals surface area contributed by atoms with Crippen molar-refractivity contribution in [3.63, 3.8) is 0 Å². The second-order valence-electron chi connectivity index (χ2n) is 8.48. The van der Waals surface area contributed by atoms with Gasteiger partial charge in [0.1, 0.15) is 7.28 Å². The predicted octanol–water partition coefficient (Wildman–Crippen LogP) is 7.29. The van der Waals surface area contributed by atoms with Crippen LogP contribution in [0.5, 0.6) is 0 Å². The first kappa shape index (κ1) is 18.4. The molecule has 0 N–H and O–H groups in total. The first-order valence-corrected chi connectivity index (χ1v) is 10.9. The highest BCUT2D eigenvalue weighted by atomic mass is 14.4. The molecule has 1 saturated carbocycles. The van der Waals surface area contributed by atoms with Gasteiger partial charge in [0.2, 0.25) is 0 Å². The van der Waals surface area contributed by atoms with E-state index in [1.165, 1.54) is 89.8 Å². The molecule has 1 aliphatic heterocycles. The van der Waals surface area contributed by atoms with Crippen molar-refractivity contribution in [1.82, 2.24) is 0 Å². The fourth-order valence-corrected chi connectivity index (χ4v) is 5.42. The van der Waals surface area contributed by atoms with E-state index >= 15 is 0 Å². The van der Waals surface area contributed by atoms with Gasteiger partial charge in [-0.2, -0.15) is 0 Å². The maximum atomic E-state index is 2.39. The Balaban J connectivity index is 2.07. The molecule has 1 unspecified atom stereocenters. The van der Waals surface area contributed by atoms with Gasteiger partial charge in [0, 0.05) is 0 Å². The molecule has 1 aliphatic carbocycles. The molecule has 0 aromatic carbocycles. The molecule has 0 nitrogen and oxygen atoms in total. The molecule has 1 heterocycles. The Morgan fingerprint density at radius 3 is 2.05 bits per heavy atom. The van der Waals surface area contributed by atoms with Crippen LogP contribution in [0.2, 0.25) is 12.1 Å². The van der Waals surface area contributed by atoms with Gasteiger partial charge in [-0.25, -0.2) is 0 Å². The molecule has 0 radical (unpaired) electrons. The molecule has 0 spiro atoms. The molecule has 0 amide bonds. The zero-order chi connectivity index (χ0) is 15.5. The van der Waals surface area contributed by atoms with Gasteiger partial charge >= 0.3 is 0 Å². The average molecular weight is 304 g/mol. The molecular formula is C21H41B. The smallest absolute Gasteiger partial charge is 0.0772 e. The zero-order valence-electron chi connectivity index (χ0n) is 15.5. The summed E-state index contributed by atoms with van der Waals surface area (Å²) in [5.41, 5.74) is 0.741. The van der Waals surface area contributed by atoms with Crippen molar-refractivity contribution in [1.29, 1.82) is 0 Å². The van der Waals surface area contributed by atoms with E-state index in [-0.39, 0.29) is 0 Å². The van der Waals surface area contributed by atoms with Crippen LogP contribution >= 0.6 is 0 Å². The summed E-state index contributed by atoms with van der Waals surface area (Å²) in [6, 6.07) is 0. The van der Waals surface area contributed by atoms with Crippen molar-refractivity contribution >= 4 is 7.28 Å². The Kier molecular flexibility index (Phi) is 9.01. The van der Waals surface area contributed by atoms with Gasteiger partial charge in [0.15, 0.2) is 0 Å². The van der Waals surface area contributed by atoms with Gasteiger partial charge in [-0.15, -0.1) is 0 Å². The van der Waals surface area contributed by atoms with Gasteiger partial charge in [-0.1, -0.05) is 109 Å². The predicted molar refractivity (Wildman–Crippen MR) is 102 cm³/mol. The summed E-state index contributed by atoms with van der Waals surface area (Å²) in [7, 11) is 1.56. The van der Waals surface area contributed by atoms with Gasteiger partial charge in [-0.3, -0.25) is 0 Å². The maximum Gasteiger partial charge on any atom is 0.124 e. The molecule has 2 fully saturated rings. The quantitative estimate of drug-likeness (QED) is 0.478. The van der Waals surface area contributed by atoms with E-state index in [0.717, 1.165) is 11.2 Å². The second kappa shape index (κ2) is 10.8. The summed E-state index contributed by atoms with van der Waals surface area (Å²) in [4.78, 5) is 0. The van der Waals surface area contributed by atoms with Crippen molar-refractivity contribution in [3.05, 3.63) is 0 Å². The molecule has 1 heteroatoms. The van der Waals surface area contributed by atoms with E-state index in [1.54, 1.807) is 33.0 Å². The van der Waals surface area contributed by atoms with Crippen LogP contribution < -0.4 is 0 Å². The molecule has 128 valence electrons. The fourth-order valence-electron chi connectivity index (χ4n) is 5.42. The lowest BCUT2D eigenvalue weighted by atomic mass is 9.47. The summed E-state index contributed by atoms with van der Waals surface area (Å²) in [5.74, 6) is 1.07. The van der Waals surface area contributed by atoms with Crippen LogP contribution in [-0.4, -0.2) is 7.28 Å². The van der Waals surface area contributed by atoms with Gasteiger partial charge < -0.3 is 0 Å². The SMILES string of the molecule is CCCCC1(C2BCCCCCCC2)CCCCCCCC1. The van der Waals surface area contributed by atoms with Crippen molar-refractivity contribution in [2.45, 2.75) is 128 Å². The minimum absolute atomic E-state index is 0.741. The second-order valence-corrected chi connectivity index (χ2v) is 8.48. The van der Waals surface area contributed by atoms with Crippen molar-refractivity contribution in [3.8, 4) is 0 Å². The standard InChI is InChI=1S/C21H41B/c1-2-3-16-21(17-12-8-4-5-9-13-18-21)20-15-11-7-6-10-14-19-22-20/h20,22H,2-19H2,1H3. The number of hydrogen-bond acceptors (Lipinski definition) is 0. The largest absolute Gasteiger partial charge is 0.124 e. The molecular weight excluding hydrogens is 263 g/mol. The topological polar surface area (TPSA) is 0 Å². The normalized spacial score (nSPS) is 28.1. The lowest BCUT2D eigenvalue weighted by molar-refractivity contribution is 0.177. The van der Waals surface area contributed by atoms with E-state index < -0.39 is 0 Å². The molecule has 1 saturated heterocycles. The van der Waals surface area contributed by atoms with Gasteiger partial charge in [0.25, 0.3) is 0 Å². The van der Waals surface area contributed by atoms with Crippen LogP contribution in [0, 0.1) is 5.41 Å². The van der Waals surface area contributed by atoms with Crippen LogP contribution in [0.3, 0.4) is 0 Å². The number of unbranched alkanes of at least 4 members (excludes halogenated alkanes) is 1. The maximum absolute atomic E-state index is 2.39. The van der Waals surface area contributed by atoms with E-state index in [9.17, 15) is 0 Å². The summed E-state index contributed by atoms with van der Waals surface area (Å²) in [6.45, 7) is 2.39. The molecule has 0 bridgehead atoms. The minimum atomic E-state index is 0.741. The number of hydrogen-bond donors (Lipinski definition) is 0. The van der Waals surface area contributed by atoms with Crippen LogP contribution in [-0.2, 0) is 0 Å². The lowest BCUT2D eigenvalue weighted by Crippen LogP contribution is -2.30. The van der Waals surface area contributed by atoms with Gasteiger partial charge in [0.05, 0.1) is 0 Å². The Labute approximate surface area is 141 Å². The first-order chi connectivity index (χ1) is 10.9. The van der Waals surface area contributed by atoms with Crippen molar-refractivity contribution in [2.24, 2.45) is 5.41 Å². The van der Waals surface area contributed by atoms with Crippen molar-refractivity contribution in [2.75, 3.05) is 0 Å². The highest BCUT2D eigenvalue weighted by molar-refractivity contribution is 6.37.